The lowest BCUT2D eigenvalue weighted by Gasteiger charge is -2.12. The number of nitriles is 1. The fraction of sp³-hybridized carbons (Fsp3) is 0.500. The molecule has 1 aromatic heterocycles. The molecule has 3 nitrogen and oxygen atoms in total. The van der Waals surface area contributed by atoms with Gasteiger partial charge >= 0.3 is 0 Å². The number of aromatic nitrogens is 1. The van der Waals surface area contributed by atoms with E-state index in [4.69, 9.17) is 11.0 Å². The van der Waals surface area contributed by atoms with Crippen LogP contribution in [-0.2, 0) is 0 Å². The average Bonchev–Trinajstić information content (AvgIpc) is 2.48. The van der Waals surface area contributed by atoms with Crippen LogP contribution in [0.1, 0.15) is 12.6 Å². The zero-order chi connectivity index (χ0) is 9.90. The standard InChI is InChI=1S/C8H11N3S2/c1-6-3-12-7(11-6)13-5-8(2,10)4-9/h3H,5,10H2,1-2H3. The third kappa shape index (κ3) is 3.35. The molecule has 0 bridgehead atoms. The van der Waals surface area contributed by atoms with Crippen molar-refractivity contribution in [3.63, 3.8) is 0 Å². The van der Waals surface area contributed by atoms with E-state index in [-0.39, 0.29) is 0 Å². The summed E-state index contributed by atoms with van der Waals surface area (Å²) in [6, 6.07) is 2.05. The Morgan fingerprint density at radius 1 is 1.85 bits per heavy atom. The molecule has 13 heavy (non-hydrogen) atoms. The van der Waals surface area contributed by atoms with Gasteiger partial charge in [0.15, 0.2) is 0 Å². The summed E-state index contributed by atoms with van der Waals surface area (Å²) in [5, 5.41) is 10.7. The first-order chi connectivity index (χ1) is 6.03. The van der Waals surface area contributed by atoms with Gasteiger partial charge in [-0.3, -0.25) is 0 Å². The van der Waals surface area contributed by atoms with Crippen molar-refractivity contribution in [1.82, 2.24) is 4.98 Å². The number of nitrogens with zero attached hydrogens (tertiary/aromatic N) is 2. The summed E-state index contributed by atoms with van der Waals surface area (Å²) in [6.07, 6.45) is 0. The van der Waals surface area contributed by atoms with Crippen LogP contribution in [0.2, 0.25) is 0 Å². The number of aryl methyl sites for hydroxylation is 1. The monoisotopic (exact) mass is 213 g/mol. The van der Waals surface area contributed by atoms with Gasteiger partial charge in [-0.05, 0) is 13.8 Å². The minimum Gasteiger partial charge on any atom is -0.313 e. The lowest BCUT2D eigenvalue weighted by atomic mass is 10.1. The Hall–Kier alpha value is -0.570. The predicted molar refractivity (Wildman–Crippen MR) is 55.8 cm³/mol. The summed E-state index contributed by atoms with van der Waals surface area (Å²) >= 11 is 3.12. The molecule has 0 saturated heterocycles. The molecule has 1 heterocycles. The summed E-state index contributed by atoms with van der Waals surface area (Å²) in [4.78, 5) is 4.26. The van der Waals surface area contributed by atoms with Gasteiger partial charge in [0.1, 0.15) is 9.88 Å². The fourth-order valence-electron chi connectivity index (χ4n) is 0.643. The van der Waals surface area contributed by atoms with E-state index in [2.05, 4.69) is 11.1 Å². The van der Waals surface area contributed by atoms with E-state index < -0.39 is 5.54 Å². The number of hydrogen-bond donors (Lipinski definition) is 1. The number of hydrogen-bond acceptors (Lipinski definition) is 5. The summed E-state index contributed by atoms with van der Waals surface area (Å²) in [7, 11) is 0. The number of thiazole rings is 1. The average molecular weight is 213 g/mol. The zero-order valence-corrected chi connectivity index (χ0v) is 9.21. The molecule has 0 aliphatic carbocycles. The summed E-state index contributed by atoms with van der Waals surface area (Å²) in [6.45, 7) is 3.67. The van der Waals surface area contributed by atoms with Crippen molar-refractivity contribution < 1.29 is 0 Å². The maximum absolute atomic E-state index is 8.67. The van der Waals surface area contributed by atoms with Crippen LogP contribution >= 0.6 is 23.1 Å². The molecular weight excluding hydrogens is 202 g/mol. The van der Waals surface area contributed by atoms with Crippen molar-refractivity contribution in [1.29, 1.82) is 5.26 Å². The summed E-state index contributed by atoms with van der Waals surface area (Å²) in [5.41, 5.74) is 5.92. The maximum Gasteiger partial charge on any atom is 0.150 e. The SMILES string of the molecule is Cc1csc(SCC(C)(N)C#N)n1. The molecular formula is C8H11N3S2. The largest absolute Gasteiger partial charge is 0.313 e. The first-order valence-corrected chi connectivity index (χ1v) is 5.65. The van der Waals surface area contributed by atoms with Gasteiger partial charge in [0.2, 0.25) is 0 Å². The van der Waals surface area contributed by atoms with E-state index in [9.17, 15) is 0 Å². The Morgan fingerprint density at radius 3 is 3.00 bits per heavy atom. The van der Waals surface area contributed by atoms with Gasteiger partial charge < -0.3 is 5.73 Å². The van der Waals surface area contributed by atoms with E-state index in [0.29, 0.717) is 5.75 Å². The van der Waals surface area contributed by atoms with Gasteiger partial charge in [0, 0.05) is 16.8 Å². The van der Waals surface area contributed by atoms with Gasteiger partial charge in [-0.1, -0.05) is 11.8 Å². The topological polar surface area (TPSA) is 62.7 Å². The molecule has 1 atom stereocenters. The Bertz CT molecular complexity index is 324. The summed E-state index contributed by atoms with van der Waals surface area (Å²) < 4.78 is 0.976. The molecule has 2 N–H and O–H groups in total. The van der Waals surface area contributed by atoms with Gasteiger partial charge in [0.25, 0.3) is 0 Å². The molecule has 0 radical (unpaired) electrons. The zero-order valence-electron chi connectivity index (χ0n) is 7.57. The highest BCUT2D eigenvalue weighted by atomic mass is 32.2. The number of nitrogens with two attached hydrogens (primary N) is 1. The van der Waals surface area contributed by atoms with Gasteiger partial charge in [-0.2, -0.15) is 5.26 Å². The normalized spacial score (nSPS) is 14.9. The minimum absolute atomic E-state index is 0.580. The number of thioether (sulfide) groups is 1. The molecule has 1 unspecified atom stereocenters. The van der Waals surface area contributed by atoms with Crippen LogP contribution in [0.15, 0.2) is 9.72 Å². The van der Waals surface area contributed by atoms with Crippen molar-refractivity contribution in [2.45, 2.75) is 23.7 Å². The Balaban J connectivity index is 2.49. The smallest absolute Gasteiger partial charge is 0.150 e. The van der Waals surface area contributed by atoms with Crippen LogP contribution < -0.4 is 5.73 Å². The molecule has 0 aliphatic heterocycles. The van der Waals surface area contributed by atoms with Crippen molar-refractivity contribution in [2.24, 2.45) is 5.73 Å². The van der Waals surface area contributed by atoms with Crippen LogP contribution in [0.25, 0.3) is 0 Å². The highest BCUT2D eigenvalue weighted by Crippen LogP contribution is 2.24. The molecule has 0 aliphatic rings. The molecule has 0 fully saturated rings. The third-order valence-electron chi connectivity index (χ3n) is 1.35. The molecule has 5 heteroatoms. The van der Waals surface area contributed by atoms with Crippen molar-refractivity contribution in [3.8, 4) is 6.07 Å². The minimum atomic E-state index is -0.760. The van der Waals surface area contributed by atoms with Crippen LogP contribution in [0, 0.1) is 18.3 Å². The molecule has 70 valence electrons. The predicted octanol–water partition coefficient (Wildman–Crippen LogP) is 1.78. The Morgan fingerprint density at radius 2 is 2.54 bits per heavy atom. The van der Waals surface area contributed by atoms with E-state index in [1.54, 1.807) is 18.3 Å². The highest BCUT2D eigenvalue weighted by molar-refractivity contribution is 8.01. The van der Waals surface area contributed by atoms with Crippen LogP contribution in [0.3, 0.4) is 0 Å². The molecule has 0 amide bonds. The lowest BCUT2D eigenvalue weighted by Crippen LogP contribution is -2.36. The van der Waals surface area contributed by atoms with Crippen LogP contribution in [-0.4, -0.2) is 16.3 Å². The summed E-state index contributed by atoms with van der Waals surface area (Å²) in [5.74, 6) is 0.580. The van der Waals surface area contributed by atoms with Crippen LogP contribution in [0.4, 0.5) is 0 Å². The van der Waals surface area contributed by atoms with Crippen LogP contribution in [0.5, 0.6) is 0 Å². The maximum atomic E-state index is 8.67. The fourth-order valence-corrected chi connectivity index (χ4v) is 2.45. The van der Waals surface area contributed by atoms with E-state index >= 15 is 0 Å². The van der Waals surface area contributed by atoms with Gasteiger partial charge in [-0.25, -0.2) is 4.98 Å². The molecule has 1 aromatic rings. The highest BCUT2D eigenvalue weighted by Gasteiger charge is 2.18. The van der Waals surface area contributed by atoms with Gasteiger partial charge in [0.05, 0.1) is 6.07 Å². The second kappa shape index (κ2) is 4.09. The van der Waals surface area contributed by atoms with E-state index in [1.165, 1.54) is 11.8 Å². The second-order valence-electron chi connectivity index (χ2n) is 3.07. The van der Waals surface area contributed by atoms with E-state index in [0.717, 1.165) is 10.0 Å². The van der Waals surface area contributed by atoms with E-state index in [1.807, 2.05) is 12.3 Å². The molecule has 0 aromatic carbocycles. The lowest BCUT2D eigenvalue weighted by molar-refractivity contribution is 0.682. The van der Waals surface area contributed by atoms with Crippen molar-refractivity contribution in [3.05, 3.63) is 11.1 Å². The second-order valence-corrected chi connectivity index (χ2v) is 5.15. The van der Waals surface area contributed by atoms with Crippen molar-refractivity contribution >= 4 is 23.1 Å². The molecule has 1 rings (SSSR count). The quantitative estimate of drug-likeness (QED) is 0.777. The number of rotatable bonds is 3. The first kappa shape index (κ1) is 10.5. The first-order valence-electron chi connectivity index (χ1n) is 3.78. The Kier molecular flexibility index (Phi) is 3.31. The molecule has 0 spiro atoms. The molecule has 0 saturated carbocycles. The Labute approximate surface area is 86.0 Å². The third-order valence-corrected chi connectivity index (χ3v) is 3.83. The van der Waals surface area contributed by atoms with Gasteiger partial charge in [-0.15, -0.1) is 11.3 Å². The van der Waals surface area contributed by atoms with Crippen molar-refractivity contribution in [2.75, 3.05) is 5.75 Å².